The Bertz CT molecular complexity index is 828. The number of piperazine rings is 1. The van der Waals surface area contributed by atoms with E-state index in [2.05, 4.69) is 6.92 Å². The molecule has 25 heavy (non-hydrogen) atoms. The molecule has 0 saturated carbocycles. The summed E-state index contributed by atoms with van der Waals surface area (Å²) < 4.78 is 0. The van der Waals surface area contributed by atoms with Gasteiger partial charge >= 0.3 is 0 Å². The SMILES string of the molecule is Cc1ccc(N2CCN(C(=O)c3ccccc3C)[C@H](C)C2=O)cc1C. The molecule has 2 amide bonds. The number of rotatable bonds is 2. The number of aryl methyl sites for hydroxylation is 3. The maximum atomic E-state index is 12.9. The molecule has 2 aromatic carbocycles. The van der Waals surface area contributed by atoms with Crippen molar-refractivity contribution in [3.05, 3.63) is 64.7 Å². The maximum Gasteiger partial charge on any atom is 0.254 e. The van der Waals surface area contributed by atoms with E-state index in [1.54, 1.807) is 9.80 Å². The number of carbonyl (C=O) groups excluding carboxylic acids is 2. The van der Waals surface area contributed by atoms with Crippen molar-refractivity contribution < 1.29 is 9.59 Å². The summed E-state index contributed by atoms with van der Waals surface area (Å²) in [6, 6.07) is 13.1. The fourth-order valence-corrected chi connectivity index (χ4v) is 3.27. The summed E-state index contributed by atoms with van der Waals surface area (Å²) in [4.78, 5) is 29.2. The first-order chi connectivity index (χ1) is 11.9. The second kappa shape index (κ2) is 6.71. The quantitative estimate of drug-likeness (QED) is 0.842. The zero-order valence-electron chi connectivity index (χ0n) is 15.2. The first kappa shape index (κ1) is 17.2. The van der Waals surface area contributed by atoms with Crippen LogP contribution in [0.15, 0.2) is 42.5 Å². The Labute approximate surface area is 149 Å². The molecule has 1 atom stereocenters. The van der Waals surface area contributed by atoms with Crippen LogP contribution in [0.25, 0.3) is 0 Å². The van der Waals surface area contributed by atoms with Gasteiger partial charge in [0.05, 0.1) is 0 Å². The van der Waals surface area contributed by atoms with E-state index in [0.29, 0.717) is 18.7 Å². The highest BCUT2D eigenvalue weighted by molar-refractivity contribution is 6.03. The molecule has 0 unspecified atom stereocenters. The van der Waals surface area contributed by atoms with E-state index in [0.717, 1.165) is 16.8 Å². The zero-order valence-corrected chi connectivity index (χ0v) is 15.2. The van der Waals surface area contributed by atoms with Gasteiger partial charge in [-0.2, -0.15) is 0 Å². The van der Waals surface area contributed by atoms with Gasteiger partial charge in [-0.3, -0.25) is 9.59 Å². The lowest BCUT2D eigenvalue weighted by molar-refractivity contribution is -0.124. The van der Waals surface area contributed by atoms with Crippen molar-refractivity contribution in [1.82, 2.24) is 4.90 Å². The van der Waals surface area contributed by atoms with E-state index >= 15 is 0 Å². The number of nitrogens with zero attached hydrogens (tertiary/aromatic N) is 2. The minimum absolute atomic E-state index is 0.0311. The van der Waals surface area contributed by atoms with E-state index in [9.17, 15) is 9.59 Å². The molecule has 0 aromatic heterocycles. The largest absolute Gasteiger partial charge is 0.325 e. The van der Waals surface area contributed by atoms with Gasteiger partial charge in [-0.1, -0.05) is 24.3 Å². The van der Waals surface area contributed by atoms with Crippen LogP contribution < -0.4 is 4.90 Å². The molecule has 1 heterocycles. The van der Waals surface area contributed by atoms with Gasteiger partial charge in [0, 0.05) is 24.3 Å². The lowest BCUT2D eigenvalue weighted by Crippen LogP contribution is -2.57. The molecule has 130 valence electrons. The van der Waals surface area contributed by atoms with Gasteiger partial charge in [-0.25, -0.2) is 0 Å². The molecule has 4 nitrogen and oxygen atoms in total. The van der Waals surface area contributed by atoms with Crippen LogP contribution in [0.2, 0.25) is 0 Å². The summed E-state index contributed by atoms with van der Waals surface area (Å²) in [5.41, 5.74) is 4.88. The average molecular weight is 336 g/mol. The van der Waals surface area contributed by atoms with Gasteiger partial charge in [0.1, 0.15) is 6.04 Å². The molecule has 1 saturated heterocycles. The molecule has 3 rings (SSSR count). The number of carbonyl (C=O) groups is 2. The van der Waals surface area contributed by atoms with Gasteiger partial charge in [0.2, 0.25) is 5.91 Å². The van der Waals surface area contributed by atoms with Gasteiger partial charge in [0.25, 0.3) is 5.91 Å². The summed E-state index contributed by atoms with van der Waals surface area (Å²) in [7, 11) is 0. The van der Waals surface area contributed by atoms with Gasteiger partial charge in [-0.05, 0) is 62.6 Å². The van der Waals surface area contributed by atoms with Crippen molar-refractivity contribution in [2.24, 2.45) is 0 Å². The Morgan fingerprint density at radius 1 is 0.960 bits per heavy atom. The Morgan fingerprint density at radius 2 is 1.68 bits per heavy atom. The summed E-state index contributed by atoms with van der Waals surface area (Å²) >= 11 is 0. The number of hydrogen-bond acceptors (Lipinski definition) is 2. The van der Waals surface area contributed by atoms with Gasteiger partial charge in [0.15, 0.2) is 0 Å². The van der Waals surface area contributed by atoms with E-state index < -0.39 is 6.04 Å². The molecular weight excluding hydrogens is 312 g/mol. The second-order valence-electron chi connectivity index (χ2n) is 6.75. The van der Waals surface area contributed by atoms with Crippen LogP contribution in [-0.2, 0) is 4.79 Å². The van der Waals surface area contributed by atoms with Crippen molar-refractivity contribution >= 4 is 17.5 Å². The van der Waals surface area contributed by atoms with Crippen LogP contribution in [-0.4, -0.2) is 35.8 Å². The van der Waals surface area contributed by atoms with Crippen LogP contribution >= 0.6 is 0 Å². The second-order valence-corrected chi connectivity index (χ2v) is 6.75. The number of anilines is 1. The van der Waals surface area contributed by atoms with E-state index in [1.807, 2.05) is 63.2 Å². The van der Waals surface area contributed by atoms with Crippen molar-refractivity contribution in [2.75, 3.05) is 18.0 Å². The minimum Gasteiger partial charge on any atom is -0.325 e. The smallest absolute Gasteiger partial charge is 0.254 e. The van der Waals surface area contributed by atoms with Crippen molar-refractivity contribution in [2.45, 2.75) is 33.7 Å². The van der Waals surface area contributed by atoms with Crippen LogP contribution in [0.3, 0.4) is 0 Å². The number of benzene rings is 2. The molecule has 2 aromatic rings. The highest BCUT2D eigenvalue weighted by Gasteiger charge is 2.35. The molecule has 0 N–H and O–H groups in total. The van der Waals surface area contributed by atoms with Crippen molar-refractivity contribution in [3.8, 4) is 0 Å². The van der Waals surface area contributed by atoms with Crippen LogP contribution in [0.5, 0.6) is 0 Å². The normalized spacial score (nSPS) is 17.8. The summed E-state index contributed by atoms with van der Waals surface area (Å²) in [5, 5.41) is 0. The molecule has 1 aliphatic rings. The van der Waals surface area contributed by atoms with Crippen LogP contribution in [0.4, 0.5) is 5.69 Å². The zero-order chi connectivity index (χ0) is 18.1. The number of hydrogen-bond donors (Lipinski definition) is 0. The molecule has 4 heteroatoms. The minimum atomic E-state index is -0.470. The Hall–Kier alpha value is -2.62. The monoisotopic (exact) mass is 336 g/mol. The third-order valence-corrected chi connectivity index (χ3v) is 5.09. The van der Waals surface area contributed by atoms with Gasteiger partial charge in [-0.15, -0.1) is 0 Å². The first-order valence-electron chi connectivity index (χ1n) is 8.65. The average Bonchev–Trinajstić information content (AvgIpc) is 2.60. The highest BCUT2D eigenvalue weighted by Crippen LogP contribution is 2.24. The van der Waals surface area contributed by atoms with E-state index in [-0.39, 0.29) is 11.8 Å². The van der Waals surface area contributed by atoms with Crippen LogP contribution in [0, 0.1) is 20.8 Å². The standard InChI is InChI=1S/C21H24N2O2/c1-14-9-10-18(13-16(14)3)23-12-11-22(17(4)20(23)24)21(25)19-8-6-5-7-15(19)2/h5-10,13,17H,11-12H2,1-4H3/t17-/m1/s1. The molecule has 0 spiro atoms. The summed E-state index contributed by atoms with van der Waals surface area (Å²) in [6.45, 7) is 8.89. The third-order valence-electron chi connectivity index (χ3n) is 5.09. The fourth-order valence-electron chi connectivity index (χ4n) is 3.27. The fraction of sp³-hybridized carbons (Fsp3) is 0.333. The molecule has 0 aliphatic carbocycles. The lowest BCUT2D eigenvalue weighted by atomic mass is 10.0. The predicted molar refractivity (Wildman–Crippen MR) is 99.9 cm³/mol. The number of amides is 2. The van der Waals surface area contributed by atoms with E-state index in [4.69, 9.17) is 0 Å². The highest BCUT2D eigenvalue weighted by atomic mass is 16.2. The Balaban J connectivity index is 1.83. The molecule has 1 aliphatic heterocycles. The first-order valence-corrected chi connectivity index (χ1v) is 8.65. The van der Waals surface area contributed by atoms with Crippen LogP contribution in [0.1, 0.15) is 34.0 Å². The molecular formula is C21H24N2O2. The molecule has 1 fully saturated rings. The van der Waals surface area contributed by atoms with Crippen molar-refractivity contribution in [3.63, 3.8) is 0 Å². The maximum absolute atomic E-state index is 12.9. The van der Waals surface area contributed by atoms with Gasteiger partial charge < -0.3 is 9.80 Å². The van der Waals surface area contributed by atoms with Crippen molar-refractivity contribution in [1.29, 1.82) is 0 Å². The Kier molecular flexibility index (Phi) is 4.62. The summed E-state index contributed by atoms with van der Waals surface area (Å²) in [5.74, 6) is -0.102. The van der Waals surface area contributed by atoms with E-state index in [1.165, 1.54) is 5.56 Å². The summed E-state index contributed by atoms with van der Waals surface area (Å²) in [6.07, 6.45) is 0. The predicted octanol–water partition coefficient (Wildman–Crippen LogP) is 3.49. The lowest BCUT2D eigenvalue weighted by Gasteiger charge is -2.39. The molecule has 0 bridgehead atoms. The third kappa shape index (κ3) is 3.16. The topological polar surface area (TPSA) is 40.6 Å². The molecule has 0 radical (unpaired) electrons. The Morgan fingerprint density at radius 3 is 2.36 bits per heavy atom.